The second-order valence-corrected chi connectivity index (χ2v) is 6.05. The first-order valence-corrected chi connectivity index (χ1v) is 7.19. The molecule has 0 saturated carbocycles. The van der Waals surface area contributed by atoms with Crippen molar-refractivity contribution in [1.29, 1.82) is 0 Å². The molecule has 1 saturated heterocycles. The maximum atomic E-state index is 12.5. The summed E-state index contributed by atoms with van der Waals surface area (Å²) < 4.78 is 11.4. The van der Waals surface area contributed by atoms with Gasteiger partial charge in [-0.25, -0.2) is 0 Å². The standard InChI is InChI=1S/C14H19BrN2O3/c1-14(8-20-7-12(14)16)13(18)17-11-5-3-4-10(15)9(11)6-19-2/h3-5,12H,6-8,16H2,1-2H3,(H,17,18). The van der Waals surface area contributed by atoms with Gasteiger partial charge in [-0.15, -0.1) is 0 Å². The molecule has 1 aromatic rings. The Bertz CT molecular complexity index is 509. The maximum absolute atomic E-state index is 12.5. The molecule has 5 nitrogen and oxygen atoms in total. The van der Waals surface area contributed by atoms with Gasteiger partial charge in [-0.1, -0.05) is 22.0 Å². The zero-order valence-electron chi connectivity index (χ0n) is 11.6. The molecule has 1 aliphatic rings. The number of benzene rings is 1. The summed E-state index contributed by atoms with van der Waals surface area (Å²) in [7, 11) is 1.62. The largest absolute Gasteiger partial charge is 0.380 e. The van der Waals surface area contributed by atoms with Gasteiger partial charge in [0.2, 0.25) is 5.91 Å². The number of rotatable bonds is 4. The van der Waals surface area contributed by atoms with Gasteiger partial charge in [0.25, 0.3) is 0 Å². The molecule has 2 rings (SSSR count). The summed E-state index contributed by atoms with van der Waals surface area (Å²) in [5.41, 5.74) is 6.90. The van der Waals surface area contributed by atoms with Crippen molar-refractivity contribution < 1.29 is 14.3 Å². The number of carbonyl (C=O) groups excluding carboxylic acids is 1. The molecule has 1 aliphatic heterocycles. The molecule has 20 heavy (non-hydrogen) atoms. The number of amides is 1. The number of hydrogen-bond acceptors (Lipinski definition) is 4. The third-order valence-electron chi connectivity index (χ3n) is 3.69. The van der Waals surface area contributed by atoms with E-state index in [2.05, 4.69) is 21.2 Å². The van der Waals surface area contributed by atoms with Crippen LogP contribution in [0, 0.1) is 5.41 Å². The van der Waals surface area contributed by atoms with Crippen LogP contribution in [0.5, 0.6) is 0 Å². The number of carbonyl (C=O) groups is 1. The molecule has 0 aliphatic carbocycles. The first-order valence-electron chi connectivity index (χ1n) is 6.40. The minimum Gasteiger partial charge on any atom is -0.380 e. The van der Waals surface area contributed by atoms with Gasteiger partial charge in [0.05, 0.1) is 25.2 Å². The maximum Gasteiger partial charge on any atom is 0.234 e. The van der Waals surface area contributed by atoms with E-state index in [1.54, 1.807) is 7.11 Å². The van der Waals surface area contributed by atoms with Gasteiger partial charge in [0.15, 0.2) is 0 Å². The van der Waals surface area contributed by atoms with Crippen molar-refractivity contribution in [2.24, 2.45) is 11.1 Å². The van der Waals surface area contributed by atoms with Crippen LogP contribution in [0.25, 0.3) is 0 Å². The van der Waals surface area contributed by atoms with Crippen molar-refractivity contribution >= 4 is 27.5 Å². The molecule has 0 radical (unpaired) electrons. The summed E-state index contributed by atoms with van der Waals surface area (Å²) in [6, 6.07) is 5.34. The number of methoxy groups -OCH3 is 1. The van der Waals surface area contributed by atoms with E-state index in [1.807, 2.05) is 25.1 Å². The Balaban J connectivity index is 2.22. The van der Waals surface area contributed by atoms with Gasteiger partial charge < -0.3 is 20.5 Å². The topological polar surface area (TPSA) is 73.6 Å². The second kappa shape index (κ2) is 6.22. The Morgan fingerprint density at radius 1 is 1.65 bits per heavy atom. The van der Waals surface area contributed by atoms with Gasteiger partial charge in [0.1, 0.15) is 0 Å². The van der Waals surface area contributed by atoms with Crippen molar-refractivity contribution in [3.05, 3.63) is 28.2 Å². The second-order valence-electron chi connectivity index (χ2n) is 5.19. The zero-order valence-corrected chi connectivity index (χ0v) is 13.2. The minimum atomic E-state index is -0.702. The lowest BCUT2D eigenvalue weighted by Crippen LogP contribution is -2.47. The highest BCUT2D eigenvalue weighted by molar-refractivity contribution is 9.10. The van der Waals surface area contributed by atoms with Crippen molar-refractivity contribution in [2.45, 2.75) is 19.6 Å². The molecule has 1 amide bonds. The highest BCUT2D eigenvalue weighted by Gasteiger charge is 2.44. The molecule has 0 spiro atoms. The lowest BCUT2D eigenvalue weighted by Gasteiger charge is -2.26. The average molecular weight is 343 g/mol. The predicted octanol–water partition coefficient (Wildman–Crippen LogP) is 1.90. The number of nitrogens with two attached hydrogens (primary N) is 1. The Morgan fingerprint density at radius 2 is 2.40 bits per heavy atom. The zero-order chi connectivity index (χ0) is 14.8. The Hall–Kier alpha value is -0.950. The molecule has 2 unspecified atom stereocenters. The molecule has 1 aromatic carbocycles. The van der Waals surface area contributed by atoms with Crippen LogP contribution in [0.2, 0.25) is 0 Å². The number of anilines is 1. The van der Waals surface area contributed by atoms with Crippen LogP contribution in [0.15, 0.2) is 22.7 Å². The first kappa shape index (κ1) is 15.4. The van der Waals surface area contributed by atoms with Crippen LogP contribution < -0.4 is 11.1 Å². The van der Waals surface area contributed by atoms with E-state index < -0.39 is 5.41 Å². The van der Waals surface area contributed by atoms with E-state index in [1.165, 1.54) is 0 Å². The van der Waals surface area contributed by atoms with Crippen LogP contribution >= 0.6 is 15.9 Å². The SMILES string of the molecule is COCc1c(Br)cccc1NC(=O)C1(C)COCC1N. The summed E-state index contributed by atoms with van der Waals surface area (Å²) in [4.78, 5) is 12.5. The molecular formula is C14H19BrN2O3. The molecule has 1 fully saturated rings. The Kier molecular flexibility index (Phi) is 4.80. The van der Waals surface area contributed by atoms with Crippen molar-refractivity contribution in [3.8, 4) is 0 Å². The van der Waals surface area contributed by atoms with Gasteiger partial charge >= 0.3 is 0 Å². The van der Waals surface area contributed by atoms with Crippen LogP contribution in [-0.2, 0) is 20.9 Å². The fourth-order valence-electron chi connectivity index (χ4n) is 2.15. The summed E-state index contributed by atoms with van der Waals surface area (Å²) in [6.07, 6.45) is 0. The number of nitrogens with one attached hydrogen (secondary N) is 1. The van der Waals surface area contributed by atoms with E-state index in [-0.39, 0.29) is 11.9 Å². The lowest BCUT2D eigenvalue weighted by molar-refractivity contribution is -0.125. The molecular weight excluding hydrogens is 324 g/mol. The van der Waals surface area contributed by atoms with E-state index in [9.17, 15) is 4.79 Å². The van der Waals surface area contributed by atoms with Crippen LogP contribution in [0.4, 0.5) is 5.69 Å². The monoisotopic (exact) mass is 342 g/mol. The number of hydrogen-bond donors (Lipinski definition) is 2. The molecule has 6 heteroatoms. The fraction of sp³-hybridized carbons (Fsp3) is 0.500. The molecule has 110 valence electrons. The third kappa shape index (κ3) is 2.88. The Labute approximate surface area is 126 Å². The molecule has 0 aromatic heterocycles. The average Bonchev–Trinajstić information content (AvgIpc) is 2.75. The summed E-state index contributed by atoms with van der Waals surface area (Å²) >= 11 is 3.47. The van der Waals surface area contributed by atoms with Crippen LogP contribution in [-0.4, -0.2) is 32.3 Å². The lowest BCUT2D eigenvalue weighted by atomic mass is 9.84. The highest BCUT2D eigenvalue weighted by atomic mass is 79.9. The summed E-state index contributed by atoms with van der Waals surface area (Å²) in [5, 5.41) is 2.94. The fourth-order valence-corrected chi connectivity index (χ4v) is 2.64. The van der Waals surface area contributed by atoms with E-state index in [0.29, 0.717) is 19.8 Å². The number of ether oxygens (including phenoxy) is 2. The van der Waals surface area contributed by atoms with Crippen LogP contribution in [0.3, 0.4) is 0 Å². The smallest absolute Gasteiger partial charge is 0.234 e. The highest BCUT2D eigenvalue weighted by Crippen LogP contribution is 2.31. The predicted molar refractivity (Wildman–Crippen MR) is 80.4 cm³/mol. The summed E-state index contributed by atoms with van der Waals surface area (Å²) in [5.74, 6) is -0.127. The van der Waals surface area contributed by atoms with E-state index in [4.69, 9.17) is 15.2 Å². The molecule has 0 bridgehead atoms. The molecule has 3 N–H and O–H groups in total. The Morgan fingerprint density at radius 3 is 3.00 bits per heavy atom. The molecule has 2 atom stereocenters. The van der Waals surface area contributed by atoms with Gasteiger partial charge in [-0.05, 0) is 19.1 Å². The number of halogens is 1. The van der Waals surface area contributed by atoms with Crippen molar-refractivity contribution in [2.75, 3.05) is 25.6 Å². The van der Waals surface area contributed by atoms with Gasteiger partial charge in [-0.3, -0.25) is 4.79 Å². The molecule has 1 heterocycles. The third-order valence-corrected chi connectivity index (χ3v) is 4.44. The van der Waals surface area contributed by atoms with Crippen molar-refractivity contribution in [1.82, 2.24) is 0 Å². The quantitative estimate of drug-likeness (QED) is 0.876. The van der Waals surface area contributed by atoms with Gasteiger partial charge in [0, 0.05) is 28.9 Å². The summed E-state index contributed by atoms with van der Waals surface area (Å²) in [6.45, 7) is 2.99. The van der Waals surface area contributed by atoms with E-state index >= 15 is 0 Å². The normalized spacial score (nSPS) is 25.7. The van der Waals surface area contributed by atoms with Crippen molar-refractivity contribution in [3.63, 3.8) is 0 Å². The van der Waals surface area contributed by atoms with E-state index in [0.717, 1.165) is 15.7 Å². The minimum absolute atomic E-state index is 0.127. The van der Waals surface area contributed by atoms with Crippen LogP contribution in [0.1, 0.15) is 12.5 Å². The first-order chi connectivity index (χ1) is 9.49. The van der Waals surface area contributed by atoms with Gasteiger partial charge in [-0.2, -0.15) is 0 Å².